The molecular weight excluding hydrogens is 309 g/mol. The van der Waals surface area contributed by atoms with Crippen LogP contribution >= 0.6 is 0 Å². The van der Waals surface area contributed by atoms with E-state index >= 15 is 0 Å². The lowest BCUT2D eigenvalue weighted by Crippen LogP contribution is -2.17. The van der Waals surface area contributed by atoms with Crippen molar-refractivity contribution in [3.8, 4) is 11.8 Å². The number of benzene rings is 2. The van der Waals surface area contributed by atoms with Crippen LogP contribution in [-0.2, 0) is 11.4 Å². The van der Waals surface area contributed by atoms with Crippen molar-refractivity contribution in [3.63, 3.8) is 0 Å². The summed E-state index contributed by atoms with van der Waals surface area (Å²) in [4.78, 5) is 5.03. The average Bonchev–Trinajstić information content (AvgIpc) is 2.51. The van der Waals surface area contributed by atoms with E-state index in [2.05, 4.69) is 9.89 Å². The van der Waals surface area contributed by atoms with Gasteiger partial charge in [-0.1, -0.05) is 29.4 Å². The van der Waals surface area contributed by atoms with Gasteiger partial charge in [-0.15, -0.1) is 13.2 Å². The van der Waals surface area contributed by atoms with Gasteiger partial charge in [0.15, 0.2) is 0 Å². The van der Waals surface area contributed by atoms with E-state index in [1.165, 1.54) is 24.4 Å². The lowest BCUT2D eigenvalue weighted by Gasteiger charge is -2.09. The normalized spacial score (nSPS) is 11.2. The van der Waals surface area contributed by atoms with E-state index in [-0.39, 0.29) is 12.4 Å². The van der Waals surface area contributed by atoms with Gasteiger partial charge >= 0.3 is 6.36 Å². The van der Waals surface area contributed by atoms with Crippen molar-refractivity contribution in [3.05, 3.63) is 65.2 Å². The van der Waals surface area contributed by atoms with Crippen molar-refractivity contribution in [2.75, 3.05) is 0 Å². The van der Waals surface area contributed by atoms with E-state index in [1.54, 1.807) is 30.3 Å². The summed E-state index contributed by atoms with van der Waals surface area (Å²) < 4.78 is 40.2. The van der Waals surface area contributed by atoms with Crippen LogP contribution in [0.5, 0.6) is 5.75 Å². The van der Waals surface area contributed by atoms with Gasteiger partial charge in [0, 0.05) is 0 Å². The quantitative estimate of drug-likeness (QED) is 0.618. The molecule has 2 aromatic carbocycles. The van der Waals surface area contributed by atoms with Gasteiger partial charge in [-0.2, -0.15) is 5.26 Å². The second-order valence-electron chi connectivity index (χ2n) is 4.44. The second kappa shape index (κ2) is 7.31. The van der Waals surface area contributed by atoms with Crippen LogP contribution in [0.25, 0.3) is 0 Å². The molecule has 0 saturated carbocycles. The first-order valence-electron chi connectivity index (χ1n) is 6.46. The van der Waals surface area contributed by atoms with Gasteiger partial charge in [-0.05, 0) is 35.4 Å². The molecule has 0 atom stereocenters. The highest BCUT2D eigenvalue weighted by molar-refractivity contribution is 5.79. The number of rotatable bonds is 5. The van der Waals surface area contributed by atoms with E-state index in [4.69, 9.17) is 10.1 Å². The van der Waals surface area contributed by atoms with Gasteiger partial charge in [0.25, 0.3) is 0 Å². The Morgan fingerprint density at radius 2 is 1.87 bits per heavy atom. The largest absolute Gasteiger partial charge is 0.573 e. The summed E-state index contributed by atoms with van der Waals surface area (Å²) in [5.74, 6) is -0.310. The fraction of sp³-hybridized carbons (Fsp3) is 0.125. The van der Waals surface area contributed by atoms with Crippen molar-refractivity contribution >= 4 is 6.21 Å². The number of hydrogen-bond acceptors (Lipinski definition) is 4. The molecule has 0 heterocycles. The molecule has 0 N–H and O–H groups in total. The molecule has 0 fully saturated rings. The summed E-state index contributed by atoms with van der Waals surface area (Å²) >= 11 is 0. The summed E-state index contributed by atoms with van der Waals surface area (Å²) in [7, 11) is 0. The van der Waals surface area contributed by atoms with Gasteiger partial charge in [0.05, 0.1) is 17.8 Å². The third-order valence-electron chi connectivity index (χ3n) is 2.68. The van der Waals surface area contributed by atoms with Crippen LogP contribution in [0.2, 0.25) is 0 Å². The SMILES string of the molecule is N#Cc1ccc(C=NOCc2cccc(OC(F)(F)F)c2)cc1. The van der Waals surface area contributed by atoms with Crippen LogP contribution < -0.4 is 4.74 Å². The third kappa shape index (κ3) is 5.71. The molecule has 0 aliphatic rings. The maximum Gasteiger partial charge on any atom is 0.573 e. The molecule has 4 nitrogen and oxygen atoms in total. The second-order valence-corrected chi connectivity index (χ2v) is 4.44. The molecule has 0 spiro atoms. The Morgan fingerprint density at radius 1 is 1.13 bits per heavy atom. The van der Waals surface area contributed by atoms with E-state index < -0.39 is 6.36 Å². The molecule has 0 unspecified atom stereocenters. The van der Waals surface area contributed by atoms with Gasteiger partial charge in [-0.3, -0.25) is 0 Å². The topological polar surface area (TPSA) is 54.6 Å². The Kier molecular flexibility index (Phi) is 5.20. The van der Waals surface area contributed by atoms with Gasteiger partial charge in [-0.25, -0.2) is 0 Å². The number of halogens is 3. The Morgan fingerprint density at radius 3 is 2.52 bits per heavy atom. The molecule has 2 aromatic rings. The molecule has 0 amide bonds. The minimum atomic E-state index is -4.73. The molecule has 0 aromatic heterocycles. The van der Waals surface area contributed by atoms with E-state index in [1.807, 2.05) is 6.07 Å². The van der Waals surface area contributed by atoms with Crippen molar-refractivity contribution in [1.82, 2.24) is 0 Å². The Hall–Kier alpha value is -3.01. The number of ether oxygens (including phenoxy) is 1. The van der Waals surface area contributed by atoms with Crippen LogP contribution in [0.4, 0.5) is 13.2 Å². The van der Waals surface area contributed by atoms with Crippen molar-refractivity contribution < 1.29 is 22.7 Å². The summed E-state index contributed by atoms with van der Waals surface area (Å²) in [6, 6.07) is 14.1. The van der Waals surface area contributed by atoms with Gasteiger partial charge in [0.1, 0.15) is 12.4 Å². The lowest BCUT2D eigenvalue weighted by atomic mass is 10.2. The number of nitriles is 1. The van der Waals surface area contributed by atoms with Crippen molar-refractivity contribution in [2.24, 2.45) is 5.16 Å². The molecular formula is C16H11F3N2O2. The highest BCUT2D eigenvalue weighted by Crippen LogP contribution is 2.23. The molecule has 0 bridgehead atoms. The van der Waals surface area contributed by atoms with Crippen molar-refractivity contribution in [1.29, 1.82) is 5.26 Å². The monoisotopic (exact) mass is 320 g/mol. The first kappa shape index (κ1) is 16.4. The molecule has 2 rings (SSSR count). The van der Waals surface area contributed by atoms with Gasteiger partial charge < -0.3 is 9.57 Å². The molecule has 118 valence electrons. The smallest absolute Gasteiger partial charge is 0.406 e. The first-order valence-corrected chi connectivity index (χ1v) is 6.46. The summed E-state index contributed by atoms with van der Waals surface area (Å²) in [5, 5.41) is 12.4. The van der Waals surface area contributed by atoms with Gasteiger partial charge in [0.2, 0.25) is 0 Å². The summed E-state index contributed by atoms with van der Waals surface area (Å²) in [6.07, 6.45) is -3.29. The zero-order chi connectivity index (χ0) is 16.7. The third-order valence-corrected chi connectivity index (χ3v) is 2.68. The number of alkyl halides is 3. The number of nitrogens with zero attached hydrogens (tertiary/aromatic N) is 2. The zero-order valence-corrected chi connectivity index (χ0v) is 11.7. The molecule has 0 radical (unpaired) electrons. The average molecular weight is 320 g/mol. The fourth-order valence-electron chi connectivity index (χ4n) is 1.69. The molecule has 0 aliphatic carbocycles. The van der Waals surface area contributed by atoms with Crippen LogP contribution in [0.15, 0.2) is 53.7 Å². The summed E-state index contributed by atoms with van der Waals surface area (Å²) in [5.41, 5.74) is 1.76. The molecule has 7 heteroatoms. The maximum atomic E-state index is 12.1. The minimum Gasteiger partial charge on any atom is -0.406 e. The van der Waals surface area contributed by atoms with Crippen LogP contribution in [-0.4, -0.2) is 12.6 Å². The molecule has 23 heavy (non-hydrogen) atoms. The first-order chi connectivity index (χ1) is 11.0. The zero-order valence-electron chi connectivity index (χ0n) is 11.7. The van der Waals surface area contributed by atoms with E-state index in [0.29, 0.717) is 11.1 Å². The number of hydrogen-bond donors (Lipinski definition) is 0. The molecule has 0 aliphatic heterocycles. The molecule has 0 saturated heterocycles. The van der Waals surface area contributed by atoms with Crippen LogP contribution in [0, 0.1) is 11.3 Å². The lowest BCUT2D eigenvalue weighted by molar-refractivity contribution is -0.274. The Balaban J connectivity index is 1.89. The predicted octanol–water partition coefficient (Wildman–Crippen LogP) is 4.01. The highest BCUT2D eigenvalue weighted by atomic mass is 19.4. The Labute approximate surface area is 130 Å². The van der Waals surface area contributed by atoms with Crippen molar-refractivity contribution in [2.45, 2.75) is 13.0 Å². The predicted molar refractivity (Wildman–Crippen MR) is 76.7 cm³/mol. The van der Waals surface area contributed by atoms with E-state index in [9.17, 15) is 13.2 Å². The number of oxime groups is 1. The van der Waals surface area contributed by atoms with E-state index in [0.717, 1.165) is 5.56 Å². The Bertz CT molecular complexity index is 719. The highest BCUT2D eigenvalue weighted by Gasteiger charge is 2.31. The standard InChI is InChI=1S/C16H11F3N2O2/c17-16(18,19)23-15-3-1-2-14(8-15)11-22-21-10-13-6-4-12(9-20)5-7-13/h1-8,10H,11H2. The maximum absolute atomic E-state index is 12.1. The van der Waals surface area contributed by atoms with Crippen LogP contribution in [0.1, 0.15) is 16.7 Å². The summed E-state index contributed by atoms with van der Waals surface area (Å²) in [6.45, 7) is 0.00182. The van der Waals surface area contributed by atoms with Crippen LogP contribution in [0.3, 0.4) is 0 Å². The fourth-order valence-corrected chi connectivity index (χ4v) is 1.69. The minimum absolute atomic E-state index is 0.00182.